The van der Waals surface area contributed by atoms with Gasteiger partial charge in [0.15, 0.2) is 0 Å². The summed E-state index contributed by atoms with van der Waals surface area (Å²) < 4.78 is 1.62. The van der Waals surface area contributed by atoms with Crippen LogP contribution in [0.25, 0.3) is 21.9 Å². The Bertz CT molecular complexity index is 558. The van der Waals surface area contributed by atoms with Crippen molar-refractivity contribution in [3.63, 3.8) is 0 Å². The van der Waals surface area contributed by atoms with E-state index in [9.17, 15) is 0 Å². The van der Waals surface area contributed by atoms with E-state index in [-0.39, 0.29) is 0 Å². The highest BCUT2D eigenvalue weighted by molar-refractivity contribution is 6.05. The predicted molar refractivity (Wildman–Crippen MR) is 55.2 cm³/mol. The number of pyridine rings is 2. The summed E-state index contributed by atoms with van der Waals surface area (Å²) in [5.74, 6) is 5.91. The molecule has 2 N–H and O–H groups in total. The number of nitrogen functional groups attached to an aromatic ring is 1. The number of rotatable bonds is 0. The Hall–Kier alpha value is -2.10. The van der Waals surface area contributed by atoms with Gasteiger partial charge in [0.05, 0.1) is 22.7 Å². The summed E-state index contributed by atoms with van der Waals surface area (Å²) in [6.07, 6.45) is 5.26. The number of aromatic nitrogens is 3. The van der Waals surface area contributed by atoms with Crippen LogP contribution in [0.4, 0.5) is 0 Å². The highest BCUT2D eigenvalue weighted by Crippen LogP contribution is 2.23. The first-order chi connectivity index (χ1) is 6.88. The maximum atomic E-state index is 5.91. The van der Waals surface area contributed by atoms with Crippen LogP contribution >= 0.6 is 0 Å². The van der Waals surface area contributed by atoms with Gasteiger partial charge in [-0.25, -0.2) is 0 Å². The first kappa shape index (κ1) is 7.32. The van der Waals surface area contributed by atoms with Gasteiger partial charge in [0.1, 0.15) is 0 Å². The molecule has 0 unspecified atom stereocenters. The molecular weight excluding hydrogens is 176 g/mol. The van der Waals surface area contributed by atoms with Crippen LogP contribution in [0.15, 0.2) is 36.8 Å². The standard InChI is InChI=1S/C10H8N4/c11-14-8-2-1-4-13-10(8)7-3-5-12-6-9(7)14/h1-6H,11H2. The van der Waals surface area contributed by atoms with Crippen molar-refractivity contribution < 1.29 is 0 Å². The van der Waals surface area contributed by atoms with E-state index in [1.54, 1.807) is 23.3 Å². The molecule has 0 aliphatic carbocycles. The van der Waals surface area contributed by atoms with Crippen molar-refractivity contribution in [2.24, 2.45) is 0 Å². The highest BCUT2D eigenvalue weighted by atomic mass is 15.3. The minimum atomic E-state index is 0.904. The third-order valence-electron chi connectivity index (χ3n) is 2.36. The Balaban J connectivity index is 2.69. The molecule has 0 spiro atoms. The largest absolute Gasteiger partial charge is 0.338 e. The van der Waals surface area contributed by atoms with Gasteiger partial charge in [0.25, 0.3) is 0 Å². The second-order valence-corrected chi connectivity index (χ2v) is 3.13. The second kappa shape index (κ2) is 2.45. The summed E-state index contributed by atoms with van der Waals surface area (Å²) in [5, 5.41) is 1.04. The van der Waals surface area contributed by atoms with Gasteiger partial charge in [0, 0.05) is 17.8 Å². The third-order valence-corrected chi connectivity index (χ3v) is 2.36. The van der Waals surface area contributed by atoms with E-state index in [4.69, 9.17) is 5.84 Å². The molecule has 0 bridgehead atoms. The lowest BCUT2D eigenvalue weighted by Gasteiger charge is -1.95. The van der Waals surface area contributed by atoms with Crippen LogP contribution in [0.2, 0.25) is 0 Å². The summed E-state index contributed by atoms with van der Waals surface area (Å²) in [5.41, 5.74) is 2.75. The number of hydrogen-bond acceptors (Lipinski definition) is 3. The third kappa shape index (κ3) is 0.771. The molecule has 0 saturated heterocycles. The first-order valence-electron chi connectivity index (χ1n) is 4.32. The van der Waals surface area contributed by atoms with Gasteiger partial charge < -0.3 is 5.84 Å². The van der Waals surface area contributed by atoms with Crippen molar-refractivity contribution in [2.45, 2.75) is 0 Å². The molecule has 3 aromatic rings. The fourth-order valence-electron chi connectivity index (χ4n) is 1.71. The Morgan fingerprint density at radius 2 is 2.07 bits per heavy atom. The van der Waals surface area contributed by atoms with Gasteiger partial charge in [0.2, 0.25) is 0 Å². The van der Waals surface area contributed by atoms with E-state index in [1.165, 1.54) is 0 Å². The molecule has 0 aliphatic rings. The van der Waals surface area contributed by atoms with Gasteiger partial charge >= 0.3 is 0 Å². The van der Waals surface area contributed by atoms with Crippen LogP contribution in [0.1, 0.15) is 0 Å². The molecular formula is C10H8N4. The molecule has 3 aromatic heterocycles. The summed E-state index contributed by atoms with van der Waals surface area (Å²) in [6.45, 7) is 0. The molecule has 3 heterocycles. The van der Waals surface area contributed by atoms with E-state index in [0.717, 1.165) is 21.9 Å². The molecule has 0 aromatic carbocycles. The zero-order chi connectivity index (χ0) is 9.54. The Labute approximate surface area is 80.0 Å². The summed E-state index contributed by atoms with van der Waals surface area (Å²) in [6, 6.07) is 5.74. The maximum Gasteiger partial charge on any atom is 0.0980 e. The normalized spacial score (nSPS) is 11.1. The summed E-state index contributed by atoms with van der Waals surface area (Å²) in [7, 11) is 0. The second-order valence-electron chi connectivity index (χ2n) is 3.13. The number of nitrogens with two attached hydrogens (primary N) is 1. The predicted octanol–water partition coefficient (Wildman–Crippen LogP) is 1.30. The van der Waals surface area contributed by atoms with Crippen LogP contribution in [-0.2, 0) is 0 Å². The average molecular weight is 184 g/mol. The maximum absolute atomic E-state index is 5.91. The Morgan fingerprint density at radius 1 is 1.14 bits per heavy atom. The molecule has 0 amide bonds. The SMILES string of the molecule is Nn1c2cnccc2c2ncccc21. The van der Waals surface area contributed by atoms with Gasteiger partial charge in [-0.15, -0.1) is 0 Å². The molecule has 4 nitrogen and oxygen atoms in total. The molecule has 4 heteroatoms. The molecule has 68 valence electrons. The van der Waals surface area contributed by atoms with Crippen LogP contribution in [0.5, 0.6) is 0 Å². The van der Waals surface area contributed by atoms with Crippen molar-refractivity contribution >= 4 is 21.9 Å². The molecule has 0 saturated carbocycles. The number of nitrogens with zero attached hydrogens (tertiary/aromatic N) is 3. The average Bonchev–Trinajstić information content (AvgIpc) is 2.55. The van der Waals surface area contributed by atoms with Crippen molar-refractivity contribution in [3.05, 3.63) is 36.8 Å². The summed E-state index contributed by atoms with van der Waals surface area (Å²) in [4.78, 5) is 8.34. The fraction of sp³-hybridized carbons (Fsp3) is 0. The zero-order valence-corrected chi connectivity index (χ0v) is 7.38. The lowest BCUT2D eigenvalue weighted by Crippen LogP contribution is -2.06. The van der Waals surface area contributed by atoms with Gasteiger partial charge in [-0.2, -0.15) is 0 Å². The summed E-state index contributed by atoms with van der Waals surface area (Å²) >= 11 is 0. The van der Waals surface area contributed by atoms with E-state index in [2.05, 4.69) is 9.97 Å². The minimum absolute atomic E-state index is 0.904. The van der Waals surface area contributed by atoms with Crippen LogP contribution in [0, 0.1) is 0 Å². The number of hydrogen-bond donors (Lipinski definition) is 1. The zero-order valence-electron chi connectivity index (χ0n) is 7.38. The lowest BCUT2D eigenvalue weighted by molar-refractivity contribution is 1.11. The highest BCUT2D eigenvalue weighted by Gasteiger charge is 2.07. The van der Waals surface area contributed by atoms with Crippen molar-refractivity contribution in [2.75, 3.05) is 5.84 Å². The quantitative estimate of drug-likeness (QED) is 0.536. The molecule has 0 fully saturated rings. The van der Waals surface area contributed by atoms with E-state index >= 15 is 0 Å². The molecule has 0 atom stereocenters. The van der Waals surface area contributed by atoms with E-state index in [0.29, 0.717) is 0 Å². The van der Waals surface area contributed by atoms with Crippen molar-refractivity contribution in [1.82, 2.24) is 14.6 Å². The van der Waals surface area contributed by atoms with Gasteiger partial charge in [-0.05, 0) is 18.2 Å². The van der Waals surface area contributed by atoms with Crippen molar-refractivity contribution in [1.29, 1.82) is 0 Å². The number of fused-ring (bicyclic) bond motifs is 3. The molecule has 3 rings (SSSR count). The van der Waals surface area contributed by atoms with Crippen LogP contribution in [-0.4, -0.2) is 14.6 Å². The van der Waals surface area contributed by atoms with Crippen LogP contribution < -0.4 is 5.84 Å². The molecule has 14 heavy (non-hydrogen) atoms. The Kier molecular flexibility index (Phi) is 1.28. The van der Waals surface area contributed by atoms with Gasteiger partial charge in [-0.1, -0.05) is 0 Å². The lowest BCUT2D eigenvalue weighted by atomic mass is 10.3. The monoisotopic (exact) mass is 184 g/mol. The molecule has 0 radical (unpaired) electrons. The minimum Gasteiger partial charge on any atom is -0.338 e. The van der Waals surface area contributed by atoms with Crippen molar-refractivity contribution in [3.8, 4) is 0 Å². The topological polar surface area (TPSA) is 56.7 Å². The smallest absolute Gasteiger partial charge is 0.0980 e. The van der Waals surface area contributed by atoms with E-state index < -0.39 is 0 Å². The fourth-order valence-corrected chi connectivity index (χ4v) is 1.71. The molecule has 0 aliphatic heterocycles. The van der Waals surface area contributed by atoms with Crippen LogP contribution in [0.3, 0.4) is 0 Å². The Morgan fingerprint density at radius 3 is 3.00 bits per heavy atom. The van der Waals surface area contributed by atoms with Gasteiger partial charge in [-0.3, -0.25) is 14.6 Å². The first-order valence-corrected chi connectivity index (χ1v) is 4.32. The van der Waals surface area contributed by atoms with E-state index in [1.807, 2.05) is 18.2 Å².